The van der Waals surface area contributed by atoms with E-state index in [-0.39, 0.29) is 5.54 Å². The molecule has 1 aliphatic rings. The zero-order chi connectivity index (χ0) is 12.8. The zero-order valence-corrected chi connectivity index (χ0v) is 11.1. The van der Waals surface area contributed by atoms with Gasteiger partial charge < -0.3 is 10.5 Å². The maximum absolute atomic E-state index is 6.05. The van der Waals surface area contributed by atoms with Crippen LogP contribution in [0, 0.1) is 0 Å². The highest BCUT2D eigenvalue weighted by atomic mass is 16.5. The van der Waals surface area contributed by atoms with Crippen molar-refractivity contribution in [3.63, 3.8) is 0 Å². The lowest BCUT2D eigenvalue weighted by molar-refractivity contribution is 0.0835. The van der Waals surface area contributed by atoms with Crippen molar-refractivity contribution in [3.8, 4) is 0 Å². The van der Waals surface area contributed by atoms with Crippen LogP contribution < -0.4 is 5.73 Å². The van der Waals surface area contributed by atoms with Gasteiger partial charge in [0.05, 0.1) is 0 Å². The molecule has 2 heterocycles. The quantitative estimate of drug-likeness (QED) is 0.876. The van der Waals surface area contributed by atoms with Crippen LogP contribution in [0.4, 0.5) is 0 Å². The first-order valence-electron chi connectivity index (χ1n) is 6.65. The van der Waals surface area contributed by atoms with Gasteiger partial charge in [-0.15, -0.1) is 0 Å². The van der Waals surface area contributed by atoms with Gasteiger partial charge in [-0.05, 0) is 44.0 Å². The SMILES string of the molecule is CN(Cc1ccncc1)C1(CN)CCCOCC1. The minimum absolute atomic E-state index is 0.0831. The number of likely N-dealkylation sites (N-methyl/N-ethyl adjacent to an activating group) is 1. The summed E-state index contributed by atoms with van der Waals surface area (Å²) in [5, 5.41) is 0. The van der Waals surface area contributed by atoms with Crippen molar-refractivity contribution < 1.29 is 4.74 Å². The van der Waals surface area contributed by atoms with Crippen LogP contribution in [0.5, 0.6) is 0 Å². The summed E-state index contributed by atoms with van der Waals surface area (Å²) in [6.07, 6.45) is 6.91. The normalized spacial score (nSPS) is 25.1. The third kappa shape index (κ3) is 3.07. The van der Waals surface area contributed by atoms with Gasteiger partial charge >= 0.3 is 0 Å². The highest BCUT2D eigenvalue weighted by molar-refractivity contribution is 5.10. The molecule has 1 saturated heterocycles. The lowest BCUT2D eigenvalue weighted by atomic mass is 9.88. The monoisotopic (exact) mass is 249 g/mol. The minimum atomic E-state index is 0.0831. The van der Waals surface area contributed by atoms with Crippen molar-refractivity contribution in [3.05, 3.63) is 30.1 Å². The third-order valence-corrected chi connectivity index (χ3v) is 4.00. The molecule has 18 heavy (non-hydrogen) atoms. The Labute approximate surface area is 109 Å². The van der Waals surface area contributed by atoms with Crippen LogP contribution >= 0.6 is 0 Å². The molecule has 1 fully saturated rings. The Morgan fingerprint density at radius 3 is 2.83 bits per heavy atom. The van der Waals surface area contributed by atoms with Crippen molar-refractivity contribution in [1.82, 2.24) is 9.88 Å². The fraction of sp³-hybridized carbons (Fsp3) is 0.643. The van der Waals surface area contributed by atoms with E-state index in [0.29, 0.717) is 6.54 Å². The molecule has 0 aromatic carbocycles. The zero-order valence-electron chi connectivity index (χ0n) is 11.1. The summed E-state index contributed by atoms with van der Waals surface area (Å²) >= 11 is 0. The van der Waals surface area contributed by atoms with Crippen molar-refractivity contribution in [2.45, 2.75) is 31.3 Å². The highest BCUT2D eigenvalue weighted by Gasteiger charge is 2.33. The van der Waals surface area contributed by atoms with E-state index >= 15 is 0 Å². The maximum Gasteiger partial charge on any atom is 0.0484 e. The molecule has 0 amide bonds. The molecule has 1 aromatic rings. The summed E-state index contributed by atoms with van der Waals surface area (Å²) in [5.74, 6) is 0. The van der Waals surface area contributed by atoms with Gasteiger partial charge in [0.2, 0.25) is 0 Å². The van der Waals surface area contributed by atoms with Crippen LogP contribution in [0.15, 0.2) is 24.5 Å². The Morgan fingerprint density at radius 2 is 2.11 bits per heavy atom. The first-order valence-corrected chi connectivity index (χ1v) is 6.65. The highest BCUT2D eigenvalue weighted by Crippen LogP contribution is 2.27. The minimum Gasteiger partial charge on any atom is -0.381 e. The molecule has 2 rings (SSSR count). The van der Waals surface area contributed by atoms with Gasteiger partial charge in [0.25, 0.3) is 0 Å². The van der Waals surface area contributed by atoms with Crippen LogP contribution in [0.3, 0.4) is 0 Å². The molecule has 0 aliphatic carbocycles. The van der Waals surface area contributed by atoms with E-state index in [9.17, 15) is 0 Å². The Bertz CT molecular complexity index is 347. The van der Waals surface area contributed by atoms with Gasteiger partial charge in [-0.1, -0.05) is 0 Å². The second-order valence-electron chi connectivity index (χ2n) is 5.11. The lowest BCUT2D eigenvalue weighted by Crippen LogP contribution is -2.51. The van der Waals surface area contributed by atoms with Crippen molar-refractivity contribution in [2.24, 2.45) is 5.73 Å². The van der Waals surface area contributed by atoms with Crippen molar-refractivity contribution in [2.75, 3.05) is 26.8 Å². The van der Waals surface area contributed by atoms with Gasteiger partial charge in [-0.25, -0.2) is 0 Å². The molecule has 0 radical (unpaired) electrons. The van der Waals surface area contributed by atoms with Crippen molar-refractivity contribution >= 4 is 0 Å². The molecule has 100 valence electrons. The second kappa shape index (κ2) is 6.27. The summed E-state index contributed by atoms with van der Waals surface area (Å²) in [7, 11) is 2.17. The maximum atomic E-state index is 6.05. The van der Waals surface area contributed by atoms with Crippen molar-refractivity contribution in [1.29, 1.82) is 0 Å². The number of ether oxygens (including phenoxy) is 1. The smallest absolute Gasteiger partial charge is 0.0484 e. The fourth-order valence-corrected chi connectivity index (χ4v) is 2.66. The van der Waals surface area contributed by atoms with Gasteiger partial charge in [0.15, 0.2) is 0 Å². The van der Waals surface area contributed by atoms with E-state index in [1.807, 2.05) is 12.4 Å². The molecule has 1 aromatic heterocycles. The summed E-state index contributed by atoms with van der Waals surface area (Å²) in [6, 6.07) is 4.13. The molecular formula is C14H23N3O. The predicted molar refractivity (Wildman–Crippen MR) is 72.2 cm³/mol. The first kappa shape index (κ1) is 13.5. The summed E-state index contributed by atoms with van der Waals surface area (Å²) < 4.78 is 5.56. The Hall–Kier alpha value is -0.970. The Kier molecular flexibility index (Phi) is 4.69. The van der Waals surface area contributed by atoms with Crippen LogP contribution in [-0.2, 0) is 11.3 Å². The molecule has 0 saturated carbocycles. The van der Waals surface area contributed by atoms with Crippen LogP contribution in [-0.4, -0.2) is 42.2 Å². The molecule has 4 heteroatoms. The number of pyridine rings is 1. The molecular weight excluding hydrogens is 226 g/mol. The summed E-state index contributed by atoms with van der Waals surface area (Å²) in [4.78, 5) is 6.44. The van der Waals surface area contributed by atoms with Gasteiger partial charge in [-0.2, -0.15) is 0 Å². The van der Waals surface area contributed by atoms with Crippen LogP contribution in [0.1, 0.15) is 24.8 Å². The molecule has 4 nitrogen and oxygen atoms in total. The standard InChI is InChI=1S/C14H23N3O/c1-17(11-13-3-7-16-8-4-13)14(12-15)5-2-9-18-10-6-14/h3-4,7-8H,2,5-6,9-12,15H2,1H3. The first-order chi connectivity index (χ1) is 8.77. The molecule has 0 spiro atoms. The number of hydrogen-bond donors (Lipinski definition) is 1. The lowest BCUT2D eigenvalue weighted by Gasteiger charge is -2.40. The summed E-state index contributed by atoms with van der Waals surface area (Å²) in [6.45, 7) is 3.29. The second-order valence-corrected chi connectivity index (χ2v) is 5.11. The third-order valence-electron chi connectivity index (χ3n) is 4.00. The largest absolute Gasteiger partial charge is 0.381 e. The number of hydrogen-bond acceptors (Lipinski definition) is 4. The predicted octanol–water partition coefficient (Wildman–Crippen LogP) is 1.41. The van der Waals surface area contributed by atoms with Gasteiger partial charge in [-0.3, -0.25) is 9.88 Å². The number of nitrogens with two attached hydrogens (primary N) is 1. The molecule has 0 bridgehead atoms. The van der Waals surface area contributed by atoms with E-state index in [1.54, 1.807) is 0 Å². The number of aromatic nitrogens is 1. The van der Waals surface area contributed by atoms with Gasteiger partial charge in [0, 0.05) is 44.2 Å². The van der Waals surface area contributed by atoms with E-state index < -0.39 is 0 Å². The summed E-state index contributed by atoms with van der Waals surface area (Å²) in [5.41, 5.74) is 7.42. The van der Waals surface area contributed by atoms with E-state index in [2.05, 4.69) is 29.1 Å². The van der Waals surface area contributed by atoms with E-state index in [1.165, 1.54) is 5.56 Å². The van der Waals surface area contributed by atoms with Crippen LogP contribution in [0.25, 0.3) is 0 Å². The average molecular weight is 249 g/mol. The number of rotatable bonds is 4. The van der Waals surface area contributed by atoms with E-state index in [4.69, 9.17) is 10.5 Å². The molecule has 1 unspecified atom stereocenters. The fourth-order valence-electron chi connectivity index (χ4n) is 2.66. The Balaban J connectivity index is 2.06. The van der Waals surface area contributed by atoms with Crippen LogP contribution in [0.2, 0.25) is 0 Å². The Morgan fingerprint density at radius 1 is 1.33 bits per heavy atom. The molecule has 2 N–H and O–H groups in total. The molecule has 1 aliphatic heterocycles. The average Bonchev–Trinajstić information content (AvgIpc) is 2.66. The molecule has 1 atom stereocenters. The number of nitrogens with zero attached hydrogens (tertiary/aromatic N) is 2. The van der Waals surface area contributed by atoms with E-state index in [0.717, 1.165) is 39.0 Å². The van der Waals surface area contributed by atoms with Gasteiger partial charge in [0.1, 0.15) is 0 Å². The topological polar surface area (TPSA) is 51.4 Å².